The van der Waals surface area contributed by atoms with Gasteiger partial charge in [-0.15, -0.1) is 0 Å². The van der Waals surface area contributed by atoms with E-state index in [9.17, 15) is 22.6 Å². The Labute approximate surface area is 223 Å². The number of rotatable bonds is 11. The summed E-state index contributed by atoms with van der Waals surface area (Å²) in [5.74, 6) is -1.24. The molecule has 0 heterocycles. The fourth-order valence-electron chi connectivity index (χ4n) is 4.57. The third-order valence-electron chi connectivity index (χ3n) is 6.76. The molecule has 0 spiro atoms. The van der Waals surface area contributed by atoms with Crippen molar-refractivity contribution in [2.24, 2.45) is 0 Å². The van der Waals surface area contributed by atoms with Crippen molar-refractivity contribution in [2.75, 3.05) is 25.0 Å². The lowest BCUT2D eigenvalue weighted by Crippen LogP contribution is -2.36. The number of hydrogen-bond acceptors (Lipinski definition) is 6. The van der Waals surface area contributed by atoms with E-state index in [1.54, 1.807) is 62.4 Å². The maximum absolute atomic E-state index is 14.6. The first-order valence-electron chi connectivity index (χ1n) is 12.5. The van der Waals surface area contributed by atoms with E-state index in [2.05, 4.69) is 5.32 Å². The molecule has 3 aromatic carbocycles. The summed E-state index contributed by atoms with van der Waals surface area (Å²) in [5.41, 5.74) is 0.366. The third-order valence-corrected chi connectivity index (χ3v) is 12.7. The van der Waals surface area contributed by atoms with Crippen LogP contribution in [-0.2, 0) is 28.9 Å². The molecule has 10 heteroatoms. The monoisotopic (exact) mass is 554 g/mol. The molecule has 0 bridgehead atoms. The topological polar surface area (TPSA) is 110 Å². The highest BCUT2D eigenvalue weighted by molar-refractivity contribution is 7.89. The quantitative estimate of drug-likeness (QED) is 0.286. The highest BCUT2D eigenvalue weighted by Gasteiger charge is 2.65. The van der Waals surface area contributed by atoms with Crippen LogP contribution in [0.15, 0.2) is 89.8 Å². The normalized spacial score (nSPS) is 14.6. The van der Waals surface area contributed by atoms with Crippen LogP contribution in [0.2, 0.25) is 0 Å². The maximum atomic E-state index is 14.6. The van der Waals surface area contributed by atoms with Crippen molar-refractivity contribution >= 4 is 45.3 Å². The predicted molar refractivity (Wildman–Crippen MR) is 148 cm³/mol. The average molecular weight is 555 g/mol. The number of esters is 1. The number of sulfonamides is 1. The highest BCUT2D eigenvalue weighted by atomic mass is 32.2. The van der Waals surface area contributed by atoms with E-state index in [0.29, 0.717) is 42.2 Å². The maximum Gasteiger partial charge on any atom is 0.320 e. The van der Waals surface area contributed by atoms with Crippen molar-refractivity contribution in [2.45, 2.75) is 36.7 Å². The van der Waals surface area contributed by atoms with Crippen molar-refractivity contribution < 1.29 is 27.3 Å². The first-order valence-corrected chi connectivity index (χ1v) is 15.6. The second-order valence-electron chi connectivity index (χ2n) is 9.05. The fraction of sp³-hybridized carbons (Fsp3) is 0.286. The summed E-state index contributed by atoms with van der Waals surface area (Å²) in [7, 11) is -7.01. The lowest BCUT2D eigenvalue weighted by Gasteiger charge is -2.27. The lowest BCUT2D eigenvalue weighted by atomic mass is 10.3. The second kappa shape index (κ2) is 11.2. The summed E-state index contributed by atoms with van der Waals surface area (Å²) in [5, 5.41) is 2.55. The number of nitrogens with zero attached hydrogens (tertiary/aromatic N) is 1. The Kier molecular flexibility index (Phi) is 8.21. The molecule has 0 radical (unpaired) electrons. The van der Waals surface area contributed by atoms with Gasteiger partial charge in [-0.2, -0.15) is 4.31 Å². The van der Waals surface area contributed by atoms with Crippen molar-refractivity contribution in [3.05, 3.63) is 84.9 Å². The molecule has 200 valence electrons. The van der Waals surface area contributed by atoms with E-state index in [4.69, 9.17) is 4.74 Å². The van der Waals surface area contributed by atoms with Gasteiger partial charge in [0.1, 0.15) is 5.16 Å². The molecular weight excluding hydrogens is 523 g/mol. The Morgan fingerprint density at radius 2 is 1.37 bits per heavy atom. The number of carbonyl (C=O) groups excluding carboxylic acids is 2. The number of carbonyl (C=O) groups is 2. The van der Waals surface area contributed by atoms with E-state index >= 15 is 0 Å². The predicted octanol–water partition coefficient (Wildman–Crippen LogP) is 3.75. The standard InChI is InChI=1S/C28H31N2O6PS/c1-3-30(4-2)38(34,35)25-17-15-22(16-18-25)29-26(31)21-36-27(32)28(19-20-28)37(33,23-11-7-5-8-12-23)24-13-9-6-10-14-24/h5-18H,3-4,19-21H2,1-2H3,(H,29,31). The summed E-state index contributed by atoms with van der Waals surface area (Å²) < 4.78 is 46.7. The van der Waals surface area contributed by atoms with Gasteiger partial charge in [-0.3, -0.25) is 9.59 Å². The van der Waals surface area contributed by atoms with Crippen LogP contribution >= 0.6 is 7.14 Å². The van der Waals surface area contributed by atoms with Crippen LogP contribution in [0.3, 0.4) is 0 Å². The minimum atomic E-state index is -3.61. The lowest BCUT2D eigenvalue weighted by molar-refractivity contribution is -0.147. The Bertz CT molecular complexity index is 1390. The van der Waals surface area contributed by atoms with Crippen LogP contribution in [0.4, 0.5) is 5.69 Å². The Balaban J connectivity index is 1.45. The largest absolute Gasteiger partial charge is 0.455 e. The smallest absolute Gasteiger partial charge is 0.320 e. The molecule has 0 aromatic heterocycles. The zero-order valence-corrected chi connectivity index (χ0v) is 23.1. The van der Waals surface area contributed by atoms with E-state index < -0.39 is 40.8 Å². The van der Waals surface area contributed by atoms with E-state index in [1.807, 2.05) is 12.1 Å². The molecule has 0 aliphatic heterocycles. The van der Waals surface area contributed by atoms with Gasteiger partial charge in [0.05, 0.1) is 4.90 Å². The Hall–Kier alpha value is -3.26. The number of ether oxygens (including phenoxy) is 1. The molecule has 1 fully saturated rings. The first kappa shape index (κ1) is 27.8. The second-order valence-corrected chi connectivity index (χ2v) is 14.1. The molecule has 0 atom stereocenters. The van der Waals surface area contributed by atoms with Crippen LogP contribution in [0, 0.1) is 0 Å². The molecule has 0 unspecified atom stereocenters. The molecule has 8 nitrogen and oxygen atoms in total. The zero-order valence-electron chi connectivity index (χ0n) is 21.4. The molecule has 1 N–H and O–H groups in total. The van der Waals surface area contributed by atoms with Crippen molar-refractivity contribution in [1.82, 2.24) is 4.31 Å². The van der Waals surface area contributed by atoms with E-state index in [1.165, 1.54) is 28.6 Å². The molecule has 38 heavy (non-hydrogen) atoms. The van der Waals surface area contributed by atoms with Gasteiger partial charge in [-0.25, -0.2) is 8.42 Å². The Morgan fingerprint density at radius 1 is 0.868 bits per heavy atom. The molecule has 1 aliphatic carbocycles. The highest BCUT2D eigenvalue weighted by Crippen LogP contribution is 2.68. The third kappa shape index (κ3) is 5.19. The van der Waals surface area contributed by atoms with Gasteiger partial charge in [0.2, 0.25) is 10.0 Å². The molecule has 1 saturated carbocycles. The minimum absolute atomic E-state index is 0.124. The van der Waals surface area contributed by atoms with E-state index in [0.717, 1.165) is 0 Å². The van der Waals surface area contributed by atoms with Gasteiger partial charge in [-0.05, 0) is 37.1 Å². The van der Waals surface area contributed by atoms with Crippen molar-refractivity contribution in [1.29, 1.82) is 0 Å². The first-order chi connectivity index (χ1) is 18.2. The number of nitrogens with one attached hydrogen (secondary N) is 1. The molecule has 1 aliphatic rings. The van der Waals surface area contributed by atoms with Crippen LogP contribution < -0.4 is 15.9 Å². The van der Waals surface area contributed by atoms with E-state index in [-0.39, 0.29) is 4.90 Å². The number of benzene rings is 3. The van der Waals surface area contributed by atoms with Crippen LogP contribution in [-0.4, -0.2) is 49.5 Å². The van der Waals surface area contributed by atoms with Gasteiger partial charge in [0.15, 0.2) is 13.7 Å². The summed E-state index contributed by atoms with van der Waals surface area (Å²) in [6.07, 6.45) is 0.800. The number of amides is 1. The number of hydrogen-bond donors (Lipinski definition) is 1. The van der Waals surface area contributed by atoms with Gasteiger partial charge < -0.3 is 14.6 Å². The summed E-state index contributed by atoms with van der Waals surface area (Å²) in [6, 6.07) is 23.7. The molecule has 1 amide bonds. The summed E-state index contributed by atoms with van der Waals surface area (Å²) in [4.78, 5) is 26.0. The van der Waals surface area contributed by atoms with Crippen LogP contribution in [0.25, 0.3) is 0 Å². The van der Waals surface area contributed by atoms with Crippen molar-refractivity contribution in [3.63, 3.8) is 0 Å². The van der Waals surface area contributed by atoms with Crippen LogP contribution in [0.5, 0.6) is 0 Å². The molecule has 4 rings (SSSR count). The van der Waals surface area contributed by atoms with Gasteiger partial charge in [0.25, 0.3) is 5.91 Å². The van der Waals surface area contributed by atoms with Gasteiger partial charge in [0, 0.05) is 29.4 Å². The van der Waals surface area contributed by atoms with Gasteiger partial charge >= 0.3 is 5.97 Å². The number of anilines is 1. The fourth-order valence-corrected chi connectivity index (χ4v) is 9.56. The summed E-state index contributed by atoms with van der Waals surface area (Å²) in [6.45, 7) is 3.68. The zero-order chi connectivity index (χ0) is 27.4. The average Bonchev–Trinajstić information content (AvgIpc) is 3.76. The SMILES string of the molecule is CCN(CC)S(=O)(=O)c1ccc(NC(=O)COC(=O)C2(P(=O)(c3ccccc3)c3ccccc3)CC2)cc1. The van der Waals surface area contributed by atoms with Crippen molar-refractivity contribution in [3.8, 4) is 0 Å². The molecule has 0 saturated heterocycles. The minimum Gasteiger partial charge on any atom is -0.455 e. The van der Waals surface area contributed by atoms with Crippen LogP contribution in [0.1, 0.15) is 26.7 Å². The molecule has 3 aromatic rings. The Morgan fingerprint density at radius 3 is 1.82 bits per heavy atom. The summed E-state index contributed by atoms with van der Waals surface area (Å²) >= 11 is 0. The molecular formula is C28H31N2O6PS. The van der Waals surface area contributed by atoms with Gasteiger partial charge in [-0.1, -0.05) is 74.5 Å².